The molecule has 1 heterocycles. The summed E-state index contributed by atoms with van der Waals surface area (Å²) in [6, 6.07) is 0.920. The number of nitrogens with zero attached hydrogens (tertiary/aromatic N) is 3. The molecule has 0 atom stereocenters. The molecule has 0 radical (unpaired) electrons. The molecule has 0 aliphatic heterocycles. The maximum atomic E-state index is 6.11. The number of aromatic nitrogens is 3. The Labute approximate surface area is 144 Å². The van der Waals surface area contributed by atoms with Crippen LogP contribution < -0.4 is 10.6 Å². The van der Waals surface area contributed by atoms with Gasteiger partial charge in [0.2, 0.25) is 17.2 Å². The van der Waals surface area contributed by atoms with Crippen LogP contribution in [0.3, 0.4) is 0 Å². The van der Waals surface area contributed by atoms with Crippen molar-refractivity contribution in [1.29, 1.82) is 0 Å². The number of anilines is 2. The maximum Gasteiger partial charge on any atom is 0.229 e. The highest BCUT2D eigenvalue weighted by atomic mass is 35.5. The van der Waals surface area contributed by atoms with E-state index < -0.39 is 0 Å². The Bertz CT molecular complexity index is 440. The Morgan fingerprint density at radius 2 is 1.00 bits per heavy atom. The van der Waals surface area contributed by atoms with E-state index in [1.165, 1.54) is 77.0 Å². The average Bonchev–Trinajstić information content (AvgIpc) is 2.91. The number of nitrogens with one attached hydrogen (secondary N) is 2. The summed E-state index contributed by atoms with van der Waals surface area (Å²) in [4.78, 5) is 13.1. The van der Waals surface area contributed by atoms with Gasteiger partial charge >= 0.3 is 0 Å². The van der Waals surface area contributed by atoms with Gasteiger partial charge in [-0.25, -0.2) is 0 Å². The van der Waals surface area contributed by atoms with Gasteiger partial charge in [0.1, 0.15) is 0 Å². The van der Waals surface area contributed by atoms with Gasteiger partial charge in [0.15, 0.2) is 0 Å². The van der Waals surface area contributed by atoms with Crippen molar-refractivity contribution in [2.24, 2.45) is 0 Å². The van der Waals surface area contributed by atoms with Gasteiger partial charge in [0.25, 0.3) is 0 Å². The monoisotopic (exact) mass is 337 g/mol. The van der Waals surface area contributed by atoms with Crippen molar-refractivity contribution in [3.8, 4) is 0 Å². The first-order valence-electron chi connectivity index (χ1n) is 9.24. The molecular weight excluding hydrogens is 310 g/mol. The minimum atomic E-state index is 0.271. The first-order valence-corrected chi connectivity index (χ1v) is 9.62. The zero-order valence-corrected chi connectivity index (χ0v) is 14.6. The summed E-state index contributed by atoms with van der Waals surface area (Å²) < 4.78 is 0. The Kier molecular flexibility index (Phi) is 6.31. The predicted octanol–water partition coefficient (Wildman–Crippen LogP) is 4.79. The highest BCUT2D eigenvalue weighted by molar-refractivity contribution is 6.28. The third-order valence-corrected chi connectivity index (χ3v) is 5.15. The van der Waals surface area contributed by atoms with Gasteiger partial charge in [-0.15, -0.1) is 0 Å². The lowest BCUT2D eigenvalue weighted by molar-refractivity contribution is 0.608. The second-order valence-corrected chi connectivity index (χ2v) is 7.26. The fourth-order valence-corrected chi connectivity index (χ4v) is 3.85. The summed E-state index contributed by atoms with van der Waals surface area (Å²) >= 11 is 6.11. The number of rotatable bonds is 4. The molecule has 6 heteroatoms. The molecule has 5 nitrogen and oxygen atoms in total. The predicted molar refractivity (Wildman–Crippen MR) is 95.1 cm³/mol. The second-order valence-electron chi connectivity index (χ2n) is 6.92. The molecule has 2 aliphatic rings. The van der Waals surface area contributed by atoms with Crippen molar-refractivity contribution in [2.75, 3.05) is 10.6 Å². The van der Waals surface area contributed by atoms with E-state index in [-0.39, 0.29) is 5.28 Å². The second kappa shape index (κ2) is 8.67. The van der Waals surface area contributed by atoms with Crippen LogP contribution in [0, 0.1) is 0 Å². The average molecular weight is 338 g/mol. The highest BCUT2D eigenvalue weighted by Gasteiger charge is 2.17. The Morgan fingerprint density at radius 3 is 1.39 bits per heavy atom. The van der Waals surface area contributed by atoms with E-state index in [1.807, 2.05) is 0 Å². The third-order valence-electron chi connectivity index (χ3n) is 4.98. The first-order chi connectivity index (χ1) is 11.3. The molecule has 0 unspecified atom stereocenters. The zero-order chi connectivity index (χ0) is 15.9. The fraction of sp³-hybridized carbons (Fsp3) is 0.824. The van der Waals surface area contributed by atoms with E-state index in [1.54, 1.807) is 0 Å². The molecule has 128 valence electrons. The molecule has 0 saturated heterocycles. The third kappa shape index (κ3) is 5.48. The molecule has 1 aromatic heterocycles. The summed E-state index contributed by atoms with van der Waals surface area (Å²) in [5.41, 5.74) is 0. The van der Waals surface area contributed by atoms with Gasteiger partial charge in [-0.3, -0.25) is 0 Å². The van der Waals surface area contributed by atoms with E-state index in [0.29, 0.717) is 24.0 Å². The lowest BCUT2D eigenvalue weighted by atomic mass is 10.1. The number of hydrogen-bond donors (Lipinski definition) is 2. The quantitative estimate of drug-likeness (QED) is 0.773. The van der Waals surface area contributed by atoms with E-state index in [9.17, 15) is 0 Å². The minimum Gasteiger partial charge on any atom is -0.351 e. The minimum absolute atomic E-state index is 0.271. The van der Waals surface area contributed by atoms with Gasteiger partial charge in [0, 0.05) is 12.1 Å². The molecule has 3 rings (SSSR count). The van der Waals surface area contributed by atoms with Crippen LogP contribution in [0.5, 0.6) is 0 Å². The smallest absolute Gasteiger partial charge is 0.229 e. The van der Waals surface area contributed by atoms with Crippen LogP contribution in [0.2, 0.25) is 5.28 Å². The largest absolute Gasteiger partial charge is 0.351 e. The van der Waals surface area contributed by atoms with Crippen LogP contribution in [0.1, 0.15) is 77.0 Å². The van der Waals surface area contributed by atoms with Gasteiger partial charge in [-0.1, -0.05) is 51.4 Å². The highest BCUT2D eigenvalue weighted by Crippen LogP contribution is 2.22. The molecule has 2 saturated carbocycles. The summed E-state index contributed by atoms with van der Waals surface area (Å²) in [6.45, 7) is 0. The summed E-state index contributed by atoms with van der Waals surface area (Å²) in [5, 5.41) is 7.20. The van der Waals surface area contributed by atoms with E-state index >= 15 is 0 Å². The van der Waals surface area contributed by atoms with Crippen molar-refractivity contribution in [3.63, 3.8) is 0 Å². The molecular formula is C17H28ClN5. The van der Waals surface area contributed by atoms with Crippen molar-refractivity contribution in [2.45, 2.75) is 89.1 Å². The molecule has 0 bridgehead atoms. The van der Waals surface area contributed by atoms with Gasteiger partial charge < -0.3 is 10.6 Å². The normalized spacial score (nSPS) is 21.4. The van der Waals surface area contributed by atoms with Crippen LogP contribution >= 0.6 is 11.6 Å². The maximum absolute atomic E-state index is 6.11. The summed E-state index contributed by atoms with van der Waals surface area (Å²) in [6.07, 6.45) is 15.2. The molecule has 1 aromatic rings. The molecule has 2 fully saturated rings. The molecule has 2 aliphatic carbocycles. The van der Waals surface area contributed by atoms with Crippen LogP contribution in [0.15, 0.2) is 0 Å². The lowest BCUT2D eigenvalue weighted by Crippen LogP contribution is -2.23. The van der Waals surface area contributed by atoms with Gasteiger partial charge in [-0.05, 0) is 37.3 Å². The standard InChI is InChI=1S/C17H28ClN5/c18-15-21-16(19-13-9-5-1-2-6-10-13)23-17(22-15)20-14-11-7-3-4-8-12-14/h13-14H,1-12H2,(H2,19,20,21,22,23). The van der Waals surface area contributed by atoms with Gasteiger partial charge in [-0.2, -0.15) is 15.0 Å². The fourth-order valence-electron chi connectivity index (χ4n) is 3.69. The number of halogens is 1. The lowest BCUT2D eigenvalue weighted by Gasteiger charge is -2.19. The molecule has 0 amide bonds. The van der Waals surface area contributed by atoms with Crippen molar-refractivity contribution < 1.29 is 0 Å². The van der Waals surface area contributed by atoms with Crippen LogP contribution in [-0.2, 0) is 0 Å². The van der Waals surface area contributed by atoms with E-state index in [4.69, 9.17) is 11.6 Å². The molecule has 0 spiro atoms. The van der Waals surface area contributed by atoms with E-state index in [0.717, 1.165) is 0 Å². The zero-order valence-electron chi connectivity index (χ0n) is 13.9. The van der Waals surface area contributed by atoms with Gasteiger partial charge in [0.05, 0.1) is 0 Å². The Hall–Kier alpha value is -1.10. The molecule has 23 heavy (non-hydrogen) atoms. The molecule has 2 N–H and O–H groups in total. The Morgan fingerprint density at radius 1 is 0.609 bits per heavy atom. The first kappa shape index (κ1) is 16.7. The van der Waals surface area contributed by atoms with Crippen molar-refractivity contribution in [1.82, 2.24) is 15.0 Å². The topological polar surface area (TPSA) is 62.7 Å². The summed E-state index contributed by atoms with van der Waals surface area (Å²) in [5.74, 6) is 1.24. The van der Waals surface area contributed by atoms with Crippen LogP contribution in [0.4, 0.5) is 11.9 Å². The summed E-state index contributed by atoms with van der Waals surface area (Å²) in [7, 11) is 0. The Balaban J connectivity index is 1.63. The van der Waals surface area contributed by atoms with Crippen LogP contribution in [-0.4, -0.2) is 27.0 Å². The van der Waals surface area contributed by atoms with Crippen molar-refractivity contribution in [3.05, 3.63) is 5.28 Å². The SMILES string of the molecule is Clc1nc(NC2CCCCCC2)nc(NC2CCCCCC2)n1. The van der Waals surface area contributed by atoms with Crippen LogP contribution in [0.25, 0.3) is 0 Å². The number of hydrogen-bond acceptors (Lipinski definition) is 5. The van der Waals surface area contributed by atoms with Crippen molar-refractivity contribution >= 4 is 23.5 Å². The van der Waals surface area contributed by atoms with E-state index in [2.05, 4.69) is 25.6 Å². The molecule has 0 aromatic carbocycles.